The number of carbonyl (C=O) groups is 1. The molecule has 0 spiro atoms. The lowest BCUT2D eigenvalue weighted by atomic mass is 10.1. The van der Waals surface area contributed by atoms with E-state index < -0.39 is 0 Å². The number of likely N-dealkylation sites (tertiary alicyclic amines) is 1. The lowest BCUT2D eigenvalue weighted by Gasteiger charge is -2.16. The molecule has 7 nitrogen and oxygen atoms in total. The van der Waals surface area contributed by atoms with Gasteiger partial charge in [-0.2, -0.15) is 0 Å². The molecule has 29 heavy (non-hydrogen) atoms. The Hall–Kier alpha value is -2.83. The van der Waals surface area contributed by atoms with E-state index in [1.54, 1.807) is 6.20 Å². The van der Waals surface area contributed by atoms with E-state index in [0.717, 1.165) is 51.5 Å². The molecule has 1 aromatic carbocycles. The van der Waals surface area contributed by atoms with Crippen molar-refractivity contribution >= 4 is 11.9 Å². The predicted molar refractivity (Wildman–Crippen MR) is 116 cm³/mol. The van der Waals surface area contributed by atoms with Crippen LogP contribution in [0.4, 0.5) is 0 Å². The summed E-state index contributed by atoms with van der Waals surface area (Å²) in [6, 6.07) is 10.3. The van der Waals surface area contributed by atoms with Gasteiger partial charge < -0.3 is 20.1 Å². The Morgan fingerprint density at radius 3 is 2.86 bits per heavy atom. The SMILES string of the molecule is CCNC(=NCC1CC(=O)N(CCc2ccccc2)C1)NCCCn1ccnc1. The number of aromatic nitrogens is 2. The highest BCUT2D eigenvalue weighted by Gasteiger charge is 2.28. The summed E-state index contributed by atoms with van der Waals surface area (Å²) < 4.78 is 2.07. The molecule has 1 unspecified atom stereocenters. The average Bonchev–Trinajstić information content (AvgIpc) is 3.38. The van der Waals surface area contributed by atoms with Crippen LogP contribution in [0, 0.1) is 5.92 Å². The third-order valence-corrected chi connectivity index (χ3v) is 5.10. The largest absolute Gasteiger partial charge is 0.357 e. The first-order valence-corrected chi connectivity index (χ1v) is 10.5. The lowest BCUT2D eigenvalue weighted by molar-refractivity contribution is -0.127. The number of nitrogens with one attached hydrogen (secondary N) is 2. The van der Waals surface area contributed by atoms with Crippen molar-refractivity contribution in [2.24, 2.45) is 10.9 Å². The minimum absolute atomic E-state index is 0.249. The van der Waals surface area contributed by atoms with E-state index in [9.17, 15) is 4.79 Å². The highest BCUT2D eigenvalue weighted by molar-refractivity contribution is 5.80. The smallest absolute Gasteiger partial charge is 0.223 e. The van der Waals surface area contributed by atoms with E-state index in [1.807, 2.05) is 35.6 Å². The van der Waals surface area contributed by atoms with E-state index in [2.05, 4.69) is 39.2 Å². The summed E-state index contributed by atoms with van der Waals surface area (Å²) in [5.41, 5.74) is 1.27. The van der Waals surface area contributed by atoms with Crippen molar-refractivity contribution in [3.8, 4) is 0 Å². The molecule has 1 aliphatic heterocycles. The van der Waals surface area contributed by atoms with Gasteiger partial charge in [0.1, 0.15) is 0 Å². The van der Waals surface area contributed by atoms with Crippen molar-refractivity contribution < 1.29 is 4.79 Å². The van der Waals surface area contributed by atoms with E-state index in [-0.39, 0.29) is 5.91 Å². The van der Waals surface area contributed by atoms with Gasteiger partial charge in [0.15, 0.2) is 5.96 Å². The number of hydrogen-bond donors (Lipinski definition) is 2. The molecule has 3 rings (SSSR count). The molecule has 2 N–H and O–H groups in total. The van der Waals surface area contributed by atoms with Crippen LogP contribution in [0.15, 0.2) is 54.0 Å². The zero-order valence-corrected chi connectivity index (χ0v) is 17.3. The monoisotopic (exact) mass is 396 g/mol. The van der Waals surface area contributed by atoms with Crippen LogP contribution >= 0.6 is 0 Å². The van der Waals surface area contributed by atoms with Crippen molar-refractivity contribution in [1.82, 2.24) is 25.1 Å². The van der Waals surface area contributed by atoms with Gasteiger partial charge in [-0.05, 0) is 25.3 Å². The number of carbonyl (C=O) groups excluding carboxylic acids is 1. The van der Waals surface area contributed by atoms with Crippen LogP contribution in [0.25, 0.3) is 0 Å². The van der Waals surface area contributed by atoms with Gasteiger partial charge >= 0.3 is 0 Å². The molecule has 1 saturated heterocycles. The molecule has 1 atom stereocenters. The maximum absolute atomic E-state index is 12.3. The normalized spacial score (nSPS) is 17.0. The fourth-order valence-electron chi connectivity index (χ4n) is 3.55. The molecule has 2 aromatic rings. The van der Waals surface area contributed by atoms with Crippen LogP contribution in [0.5, 0.6) is 0 Å². The Morgan fingerprint density at radius 2 is 2.10 bits per heavy atom. The van der Waals surface area contributed by atoms with Crippen LogP contribution in [0.2, 0.25) is 0 Å². The second-order valence-electron chi connectivity index (χ2n) is 7.45. The number of hydrogen-bond acceptors (Lipinski definition) is 3. The summed E-state index contributed by atoms with van der Waals surface area (Å²) in [4.78, 5) is 23.1. The van der Waals surface area contributed by atoms with Gasteiger partial charge in [0.2, 0.25) is 5.91 Å². The Bertz CT molecular complexity index is 759. The quantitative estimate of drug-likeness (QED) is 0.366. The number of amides is 1. The van der Waals surface area contributed by atoms with Crippen LogP contribution in [-0.2, 0) is 17.8 Å². The Labute approximate surface area is 173 Å². The van der Waals surface area contributed by atoms with E-state index >= 15 is 0 Å². The van der Waals surface area contributed by atoms with Crippen molar-refractivity contribution in [3.05, 3.63) is 54.6 Å². The standard InChI is InChI=1S/C22H32N6O/c1-2-24-22(25-10-6-12-27-14-11-23-18-27)26-16-20-15-21(29)28(17-20)13-9-19-7-4-3-5-8-19/h3-5,7-8,11,14,18,20H,2,6,9-10,12-13,15-17H2,1H3,(H2,24,25,26). The summed E-state index contributed by atoms with van der Waals surface area (Å²) in [5, 5.41) is 6.67. The summed E-state index contributed by atoms with van der Waals surface area (Å²) in [5.74, 6) is 1.37. The number of nitrogens with zero attached hydrogens (tertiary/aromatic N) is 4. The number of guanidine groups is 1. The minimum atomic E-state index is 0.249. The van der Waals surface area contributed by atoms with Gasteiger partial charge in [-0.3, -0.25) is 9.79 Å². The lowest BCUT2D eigenvalue weighted by Crippen LogP contribution is -2.38. The molecule has 1 amide bonds. The first-order valence-electron chi connectivity index (χ1n) is 10.5. The second kappa shape index (κ2) is 11.2. The molecule has 0 bridgehead atoms. The number of benzene rings is 1. The second-order valence-corrected chi connectivity index (χ2v) is 7.45. The zero-order chi connectivity index (χ0) is 20.3. The van der Waals surface area contributed by atoms with Crippen molar-refractivity contribution in [3.63, 3.8) is 0 Å². The molecule has 0 radical (unpaired) electrons. The fourth-order valence-corrected chi connectivity index (χ4v) is 3.55. The molecule has 1 aromatic heterocycles. The maximum atomic E-state index is 12.3. The topological polar surface area (TPSA) is 74.6 Å². The molecule has 0 aliphatic carbocycles. The number of rotatable bonds is 10. The van der Waals surface area contributed by atoms with E-state index in [0.29, 0.717) is 18.9 Å². The fraction of sp³-hybridized carbons (Fsp3) is 0.500. The third kappa shape index (κ3) is 6.93. The van der Waals surface area contributed by atoms with Crippen LogP contribution in [0.3, 0.4) is 0 Å². The highest BCUT2D eigenvalue weighted by Crippen LogP contribution is 2.18. The van der Waals surface area contributed by atoms with Crippen molar-refractivity contribution in [2.75, 3.05) is 32.7 Å². The predicted octanol–water partition coefficient (Wildman–Crippen LogP) is 1.92. The Kier molecular flexibility index (Phi) is 8.10. The Morgan fingerprint density at radius 1 is 1.24 bits per heavy atom. The maximum Gasteiger partial charge on any atom is 0.223 e. The molecule has 7 heteroatoms. The number of aryl methyl sites for hydroxylation is 1. The molecule has 156 valence electrons. The molecule has 1 fully saturated rings. The van der Waals surface area contributed by atoms with Crippen LogP contribution in [-0.4, -0.2) is 59.0 Å². The molecule has 0 saturated carbocycles. The summed E-state index contributed by atoms with van der Waals surface area (Å²) in [6.07, 6.45) is 8.10. The summed E-state index contributed by atoms with van der Waals surface area (Å²) in [6.45, 7) is 6.92. The minimum Gasteiger partial charge on any atom is -0.357 e. The van der Waals surface area contributed by atoms with Gasteiger partial charge in [0.05, 0.1) is 6.33 Å². The number of aliphatic imine (C=N–C) groups is 1. The molecule has 2 heterocycles. The van der Waals surface area contributed by atoms with Gasteiger partial charge in [-0.15, -0.1) is 0 Å². The molecular formula is C22H32N6O. The summed E-state index contributed by atoms with van der Waals surface area (Å²) >= 11 is 0. The zero-order valence-electron chi connectivity index (χ0n) is 17.3. The van der Waals surface area contributed by atoms with Gasteiger partial charge in [0, 0.05) is 64.0 Å². The van der Waals surface area contributed by atoms with E-state index in [1.165, 1.54) is 5.56 Å². The van der Waals surface area contributed by atoms with Gasteiger partial charge in [-0.1, -0.05) is 30.3 Å². The van der Waals surface area contributed by atoms with Crippen LogP contribution in [0.1, 0.15) is 25.3 Å². The summed E-state index contributed by atoms with van der Waals surface area (Å²) in [7, 11) is 0. The Balaban J connectivity index is 1.40. The van der Waals surface area contributed by atoms with Crippen LogP contribution < -0.4 is 10.6 Å². The first kappa shape index (κ1) is 20.9. The van der Waals surface area contributed by atoms with E-state index in [4.69, 9.17) is 4.99 Å². The molecule has 1 aliphatic rings. The number of imidazole rings is 1. The highest BCUT2D eigenvalue weighted by atomic mass is 16.2. The van der Waals surface area contributed by atoms with Gasteiger partial charge in [-0.25, -0.2) is 4.98 Å². The first-order chi connectivity index (χ1) is 14.2. The molecular weight excluding hydrogens is 364 g/mol. The van der Waals surface area contributed by atoms with Crippen molar-refractivity contribution in [2.45, 2.75) is 32.7 Å². The third-order valence-electron chi connectivity index (χ3n) is 5.10. The van der Waals surface area contributed by atoms with Gasteiger partial charge in [0.25, 0.3) is 0 Å². The average molecular weight is 397 g/mol. The van der Waals surface area contributed by atoms with Crippen molar-refractivity contribution in [1.29, 1.82) is 0 Å².